The first-order chi connectivity index (χ1) is 12.7. The van der Waals surface area contributed by atoms with Gasteiger partial charge in [0, 0.05) is 49.8 Å². The topological polar surface area (TPSA) is 49.3 Å². The summed E-state index contributed by atoms with van der Waals surface area (Å²) in [6.07, 6.45) is 9.36. The van der Waals surface area contributed by atoms with E-state index in [9.17, 15) is 4.79 Å². The molecule has 1 saturated heterocycles. The number of aryl methyl sites for hydroxylation is 1. The molecule has 2 aromatic rings. The minimum atomic E-state index is 0.150. The fraction of sp³-hybridized carbons (Fsp3) is 0.476. The Morgan fingerprint density at radius 1 is 1.23 bits per heavy atom. The lowest BCUT2D eigenvalue weighted by Crippen LogP contribution is -2.35. The van der Waals surface area contributed by atoms with Gasteiger partial charge in [0.05, 0.1) is 5.69 Å². The van der Waals surface area contributed by atoms with E-state index >= 15 is 0 Å². The first-order valence-electron chi connectivity index (χ1n) is 9.51. The molecule has 3 heterocycles. The number of rotatable bonds is 5. The van der Waals surface area contributed by atoms with Crippen LogP contribution in [0.3, 0.4) is 0 Å². The van der Waals surface area contributed by atoms with Gasteiger partial charge >= 0.3 is 0 Å². The van der Waals surface area contributed by atoms with Gasteiger partial charge in [-0.15, -0.1) is 0 Å². The molecule has 26 heavy (non-hydrogen) atoms. The molecule has 1 amide bonds. The molecule has 5 heteroatoms. The lowest BCUT2D eigenvalue weighted by atomic mass is 10.1. The number of pyridine rings is 2. The van der Waals surface area contributed by atoms with Gasteiger partial charge in [-0.25, -0.2) is 0 Å². The average molecular weight is 352 g/mol. The highest BCUT2D eigenvalue weighted by molar-refractivity contribution is 5.95. The smallest absolute Gasteiger partial charge is 0.254 e. The van der Waals surface area contributed by atoms with Gasteiger partial charge in [0.15, 0.2) is 0 Å². The Kier molecular flexibility index (Phi) is 6.34. The van der Waals surface area contributed by atoms with Gasteiger partial charge in [-0.1, -0.05) is 13.0 Å². The molecule has 5 nitrogen and oxygen atoms in total. The molecule has 2 aromatic heterocycles. The lowest BCUT2D eigenvalue weighted by Gasteiger charge is -2.27. The summed E-state index contributed by atoms with van der Waals surface area (Å²) in [4.78, 5) is 25.9. The summed E-state index contributed by atoms with van der Waals surface area (Å²) < 4.78 is 0. The van der Waals surface area contributed by atoms with Crippen molar-refractivity contribution in [3.8, 4) is 0 Å². The zero-order valence-corrected chi connectivity index (χ0v) is 15.8. The van der Waals surface area contributed by atoms with E-state index in [1.807, 2.05) is 35.5 Å². The standard InChI is InChI=1S/C21H28N4O/c1-3-17-15-22-12-9-20(17)21(26)25-13-6-8-19(10-14-25)24(2)16-18-7-4-5-11-23-18/h4-5,7,9,11-12,15,19H,3,6,8,10,13-14,16H2,1-2H3/t19-/m0/s1. The van der Waals surface area contributed by atoms with Crippen molar-refractivity contribution in [3.05, 3.63) is 59.7 Å². The summed E-state index contributed by atoms with van der Waals surface area (Å²) in [6, 6.07) is 8.39. The molecule has 138 valence electrons. The van der Waals surface area contributed by atoms with Crippen molar-refractivity contribution >= 4 is 5.91 Å². The number of hydrogen-bond donors (Lipinski definition) is 0. The van der Waals surface area contributed by atoms with Crippen LogP contribution in [0.25, 0.3) is 0 Å². The van der Waals surface area contributed by atoms with Crippen molar-refractivity contribution in [1.29, 1.82) is 0 Å². The normalized spacial score (nSPS) is 18.0. The minimum Gasteiger partial charge on any atom is -0.339 e. The number of carbonyl (C=O) groups excluding carboxylic acids is 1. The molecule has 1 fully saturated rings. The van der Waals surface area contributed by atoms with Crippen molar-refractivity contribution in [3.63, 3.8) is 0 Å². The summed E-state index contributed by atoms with van der Waals surface area (Å²) in [5.41, 5.74) is 2.94. The first kappa shape index (κ1) is 18.5. The molecule has 0 saturated carbocycles. The van der Waals surface area contributed by atoms with Gasteiger partial charge in [0.2, 0.25) is 0 Å². The van der Waals surface area contributed by atoms with Crippen molar-refractivity contribution < 1.29 is 4.79 Å². The molecule has 0 N–H and O–H groups in total. The molecule has 0 spiro atoms. The molecular weight excluding hydrogens is 324 g/mol. The van der Waals surface area contributed by atoms with Gasteiger partial charge in [0.25, 0.3) is 5.91 Å². The monoisotopic (exact) mass is 352 g/mol. The van der Waals surface area contributed by atoms with Crippen molar-refractivity contribution in [2.24, 2.45) is 0 Å². The number of amides is 1. The third-order valence-corrected chi connectivity index (χ3v) is 5.26. The Morgan fingerprint density at radius 3 is 2.88 bits per heavy atom. The van der Waals surface area contributed by atoms with Gasteiger partial charge in [-0.3, -0.25) is 19.7 Å². The van der Waals surface area contributed by atoms with Crippen LogP contribution in [0.1, 0.15) is 47.8 Å². The molecular formula is C21H28N4O. The fourth-order valence-electron chi connectivity index (χ4n) is 3.69. The second-order valence-corrected chi connectivity index (χ2v) is 7.00. The number of nitrogens with zero attached hydrogens (tertiary/aromatic N) is 4. The van der Waals surface area contributed by atoms with E-state index in [2.05, 4.69) is 34.9 Å². The second kappa shape index (κ2) is 8.90. The van der Waals surface area contributed by atoms with E-state index in [4.69, 9.17) is 0 Å². The van der Waals surface area contributed by atoms with Crippen LogP contribution in [0.15, 0.2) is 42.9 Å². The zero-order chi connectivity index (χ0) is 18.4. The number of carbonyl (C=O) groups is 1. The summed E-state index contributed by atoms with van der Waals surface area (Å²) in [5, 5.41) is 0. The first-order valence-corrected chi connectivity index (χ1v) is 9.51. The van der Waals surface area contributed by atoms with Crippen LogP contribution in [-0.4, -0.2) is 51.9 Å². The van der Waals surface area contributed by atoms with Crippen LogP contribution in [0.5, 0.6) is 0 Å². The summed E-state index contributed by atoms with van der Waals surface area (Å²) >= 11 is 0. The van der Waals surface area contributed by atoms with Gasteiger partial charge in [-0.05, 0) is 56.5 Å². The molecule has 1 aliphatic rings. The molecule has 0 aromatic carbocycles. The molecule has 1 atom stereocenters. The fourth-order valence-corrected chi connectivity index (χ4v) is 3.69. The van der Waals surface area contributed by atoms with E-state index in [0.717, 1.165) is 62.1 Å². The van der Waals surface area contributed by atoms with E-state index in [-0.39, 0.29) is 5.91 Å². The Bertz CT molecular complexity index is 719. The average Bonchev–Trinajstić information content (AvgIpc) is 2.94. The number of aromatic nitrogens is 2. The maximum absolute atomic E-state index is 13.0. The van der Waals surface area contributed by atoms with Crippen LogP contribution in [0, 0.1) is 0 Å². The molecule has 1 aliphatic heterocycles. The van der Waals surface area contributed by atoms with Crippen molar-refractivity contribution in [2.75, 3.05) is 20.1 Å². The van der Waals surface area contributed by atoms with Crippen LogP contribution in [0.2, 0.25) is 0 Å². The van der Waals surface area contributed by atoms with Crippen LogP contribution in [0.4, 0.5) is 0 Å². The quantitative estimate of drug-likeness (QED) is 0.829. The highest BCUT2D eigenvalue weighted by atomic mass is 16.2. The highest BCUT2D eigenvalue weighted by Crippen LogP contribution is 2.20. The highest BCUT2D eigenvalue weighted by Gasteiger charge is 2.24. The van der Waals surface area contributed by atoms with E-state index < -0.39 is 0 Å². The molecule has 0 bridgehead atoms. The van der Waals surface area contributed by atoms with Gasteiger partial charge < -0.3 is 4.90 Å². The molecule has 0 radical (unpaired) electrons. The van der Waals surface area contributed by atoms with Crippen LogP contribution >= 0.6 is 0 Å². The largest absolute Gasteiger partial charge is 0.339 e. The number of hydrogen-bond acceptors (Lipinski definition) is 4. The summed E-state index contributed by atoms with van der Waals surface area (Å²) in [6.45, 7) is 4.56. The van der Waals surface area contributed by atoms with Gasteiger partial charge in [-0.2, -0.15) is 0 Å². The SMILES string of the molecule is CCc1cnccc1C(=O)N1CCC[C@H](N(C)Cc2ccccn2)CC1. The summed E-state index contributed by atoms with van der Waals surface area (Å²) in [7, 11) is 2.16. The number of likely N-dealkylation sites (tertiary alicyclic amines) is 1. The predicted octanol–water partition coefficient (Wildman–Crippen LogP) is 3.17. The predicted molar refractivity (Wildman–Crippen MR) is 103 cm³/mol. The Morgan fingerprint density at radius 2 is 2.12 bits per heavy atom. The third-order valence-electron chi connectivity index (χ3n) is 5.26. The molecule has 0 unspecified atom stereocenters. The Hall–Kier alpha value is -2.27. The molecule has 3 rings (SSSR count). The van der Waals surface area contributed by atoms with E-state index in [0.29, 0.717) is 6.04 Å². The molecule has 0 aliphatic carbocycles. The lowest BCUT2D eigenvalue weighted by molar-refractivity contribution is 0.0756. The Balaban J connectivity index is 1.62. The van der Waals surface area contributed by atoms with E-state index in [1.54, 1.807) is 6.20 Å². The minimum absolute atomic E-state index is 0.150. The van der Waals surface area contributed by atoms with Crippen molar-refractivity contribution in [1.82, 2.24) is 19.8 Å². The second-order valence-electron chi connectivity index (χ2n) is 7.00. The van der Waals surface area contributed by atoms with Crippen LogP contribution < -0.4 is 0 Å². The van der Waals surface area contributed by atoms with Crippen molar-refractivity contribution in [2.45, 2.75) is 45.2 Å². The summed E-state index contributed by atoms with van der Waals surface area (Å²) in [5.74, 6) is 0.150. The third kappa shape index (κ3) is 4.47. The maximum atomic E-state index is 13.0. The zero-order valence-electron chi connectivity index (χ0n) is 15.8. The Labute approximate surface area is 156 Å². The van der Waals surface area contributed by atoms with E-state index in [1.165, 1.54) is 0 Å². The van der Waals surface area contributed by atoms with Gasteiger partial charge in [0.1, 0.15) is 0 Å². The van der Waals surface area contributed by atoms with Crippen LogP contribution in [-0.2, 0) is 13.0 Å². The maximum Gasteiger partial charge on any atom is 0.254 e.